The number of nitrogens with zero attached hydrogens (tertiary/aromatic N) is 1. The number of hydrogen-bond donors (Lipinski definition) is 3. The molecule has 1 atom stereocenters. The van der Waals surface area contributed by atoms with E-state index in [4.69, 9.17) is 4.74 Å². The Morgan fingerprint density at radius 1 is 1.17 bits per heavy atom. The molecule has 1 unspecified atom stereocenters. The molecule has 0 aromatic heterocycles. The van der Waals surface area contributed by atoms with Crippen LogP contribution in [-0.2, 0) is 4.74 Å². The van der Waals surface area contributed by atoms with Gasteiger partial charge in [-0.15, -0.1) is 0 Å². The van der Waals surface area contributed by atoms with Crippen LogP contribution in [0.1, 0.15) is 52.4 Å². The Morgan fingerprint density at radius 2 is 1.79 bits per heavy atom. The summed E-state index contributed by atoms with van der Waals surface area (Å²) in [5.74, 6) is 0.591. The number of aliphatic hydroxyl groups excluding tert-OH is 1. The first-order chi connectivity index (χ1) is 11.6. The number of nitrogens with one attached hydrogen (secondary N) is 2. The van der Waals surface area contributed by atoms with Crippen LogP contribution >= 0.6 is 0 Å². The van der Waals surface area contributed by atoms with Gasteiger partial charge < -0.3 is 20.5 Å². The second-order valence-electron chi connectivity index (χ2n) is 7.15. The van der Waals surface area contributed by atoms with Gasteiger partial charge in [0.2, 0.25) is 0 Å². The molecule has 0 radical (unpaired) electrons. The van der Waals surface area contributed by atoms with Crippen LogP contribution in [0.25, 0.3) is 0 Å². The smallest absolute Gasteiger partial charge is 0.315 e. The number of urea groups is 1. The fourth-order valence-electron chi connectivity index (χ4n) is 3.99. The number of hydrogen-bond acceptors (Lipinski definition) is 4. The lowest BCUT2D eigenvalue weighted by atomic mass is 9.92. The van der Waals surface area contributed by atoms with Crippen molar-refractivity contribution in [2.75, 3.05) is 32.8 Å². The molecule has 6 nitrogen and oxygen atoms in total. The highest BCUT2D eigenvalue weighted by atomic mass is 16.5. The van der Waals surface area contributed by atoms with E-state index in [1.54, 1.807) is 0 Å². The van der Waals surface area contributed by atoms with Crippen LogP contribution in [0, 0.1) is 5.92 Å². The van der Waals surface area contributed by atoms with Crippen LogP contribution in [0.15, 0.2) is 0 Å². The average molecular weight is 341 g/mol. The predicted octanol–water partition coefficient (Wildman–Crippen LogP) is 1.73. The lowest BCUT2D eigenvalue weighted by molar-refractivity contribution is 0.00234. The van der Waals surface area contributed by atoms with E-state index in [0.717, 1.165) is 64.8 Å². The zero-order valence-corrected chi connectivity index (χ0v) is 15.3. The van der Waals surface area contributed by atoms with Crippen LogP contribution in [0.3, 0.4) is 0 Å². The van der Waals surface area contributed by atoms with Crippen molar-refractivity contribution in [2.45, 2.75) is 70.6 Å². The SMILES string of the molecule is CCC(CC)C(CNC(=O)NC1CCC(O)CC1)N1CCOCC1. The van der Waals surface area contributed by atoms with Crippen molar-refractivity contribution in [2.24, 2.45) is 5.92 Å². The molecule has 6 heteroatoms. The maximum atomic E-state index is 12.3. The quantitative estimate of drug-likeness (QED) is 0.659. The highest BCUT2D eigenvalue weighted by Gasteiger charge is 2.27. The van der Waals surface area contributed by atoms with Crippen molar-refractivity contribution in [3.8, 4) is 0 Å². The van der Waals surface area contributed by atoms with Gasteiger partial charge in [-0.2, -0.15) is 0 Å². The molecule has 1 saturated heterocycles. The van der Waals surface area contributed by atoms with E-state index in [0.29, 0.717) is 18.5 Å². The maximum Gasteiger partial charge on any atom is 0.315 e. The molecule has 2 aliphatic rings. The molecule has 2 rings (SSSR count). The summed E-state index contributed by atoms with van der Waals surface area (Å²) in [5, 5.41) is 15.7. The van der Waals surface area contributed by atoms with Gasteiger partial charge in [-0.3, -0.25) is 4.90 Å². The molecule has 1 aliphatic heterocycles. The number of ether oxygens (including phenoxy) is 1. The Kier molecular flexibility index (Phi) is 8.29. The Morgan fingerprint density at radius 3 is 2.38 bits per heavy atom. The standard InChI is InChI=1S/C18H35N3O3/c1-3-14(4-2)17(21-9-11-24-12-10-21)13-19-18(23)20-15-5-7-16(22)8-6-15/h14-17,22H,3-13H2,1-2H3,(H2,19,20,23). The number of aliphatic hydroxyl groups is 1. The normalized spacial score (nSPS) is 27.0. The van der Waals surface area contributed by atoms with Crippen LogP contribution in [0.5, 0.6) is 0 Å². The van der Waals surface area contributed by atoms with E-state index < -0.39 is 0 Å². The van der Waals surface area contributed by atoms with Crippen molar-refractivity contribution in [3.05, 3.63) is 0 Å². The number of morpholine rings is 1. The fraction of sp³-hybridized carbons (Fsp3) is 0.944. The van der Waals surface area contributed by atoms with Gasteiger partial charge in [-0.05, 0) is 31.6 Å². The van der Waals surface area contributed by atoms with E-state index >= 15 is 0 Å². The molecule has 3 N–H and O–H groups in total. The molecule has 2 fully saturated rings. The monoisotopic (exact) mass is 341 g/mol. The van der Waals surface area contributed by atoms with Gasteiger partial charge in [-0.1, -0.05) is 26.7 Å². The predicted molar refractivity (Wildman–Crippen MR) is 95.0 cm³/mol. The zero-order chi connectivity index (χ0) is 17.4. The fourth-order valence-corrected chi connectivity index (χ4v) is 3.99. The van der Waals surface area contributed by atoms with Gasteiger partial charge in [0.25, 0.3) is 0 Å². The van der Waals surface area contributed by atoms with Gasteiger partial charge in [0.15, 0.2) is 0 Å². The summed E-state index contributed by atoms with van der Waals surface area (Å²) in [6.07, 6.45) is 5.38. The third kappa shape index (κ3) is 5.90. The zero-order valence-electron chi connectivity index (χ0n) is 15.3. The van der Waals surface area contributed by atoms with Crippen molar-refractivity contribution >= 4 is 6.03 Å². The van der Waals surface area contributed by atoms with Crippen molar-refractivity contribution in [1.29, 1.82) is 0 Å². The van der Waals surface area contributed by atoms with Crippen molar-refractivity contribution < 1.29 is 14.6 Å². The molecule has 0 bridgehead atoms. The van der Waals surface area contributed by atoms with Crippen LogP contribution in [0.4, 0.5) is 4.79 Å². The van der Waals surface area contributed by atoms with E-state index in [2.05, 4.69) is 29.4 Å². The first-order valence-electron chi connectivity index (χ1n) is 9.68. The third-order valence-corrected chi connectivity index (χ3v) is 5.61. The summed E-state index contributed by atoms with van der Waals surface area (Å²) >= 11 is 0. The first kappa shape index (κ1) is 19.5. The van der Waals surface area contributed by atoms with Gasteiger partial charge in [-0.25, -0.2) is 4.79 Å². The average Bonchev–Trinajstić information content (AvgIpc) is 2.61. The Bertz CT molecular complexity index is 363. The van der Waals surface area contributed by atoms with Crippen molar-refractivity contribution in [1.82, 2.24) is 15.5 Å². The summed E-state index contributed by atoms with van der Waals surface area (Å²) in [4.78, 5) is 14.7. The lowest BCUT2D eigenvalue weighted by Crippen LogP contribution is -2.54. The van der Waals surface area contributed by atoms with E-state index in [9.17, 15) is 9.90 Å². The summed E-state index contributed by atoms with van der Waals surface area (Å²) in [6, 6.07) is 0.506. The highest BCUT2D eigenvalue weighted by Crippen LogP contribution is 2.20. The molecule has 0 aromatic rings. The highest BCUT2D eigenvalue weighted by molar-refractivity contribution is 5.74. The minimum atomic E-state index is -0.188. The van der Waals surface area contributed by atoms with Gasteiger partial charge >= 0.3 is 6.03 Å². The summed E-state index contributed by atoms with van der Waals surface area (Å²) in [5.41, 5.74) is 0. The second-order valence-corrected chi connectivity index (χ2v) is 7.15. The van der Waals surface area contributed by atoms with Gasteiger partial charge in [0.05, 0.1) is 19.3 Å². The molecular formula is C18H35N3O3. The number of carbonyl (C=O) groups excluding carboxylic acids is 1. The maximum absolute atomic E-state index is 12.3. The minimum absolute atomic E-state index is 0.0689. The largest absolute Gasteiger partial charge is 0.393 e. The Hall–Kier alpha value is -0.850. The molecule has 24 heavy (non-hydrogen) atoms. The van der Waals surface area contributed by atoms with Crippen molar-refractivity contribution in [3.63, 3.8) is 0 Å². The summed E-state index contributed by atoms with van der Waals surface area (Å²) in [6.45, 7) is 8.62. The van der Waals surface area contributed by atoms with Crippen LogP contribution in [0.2, 0.25) is 0 Å². The first-order valence-corrected chi connectivity index (χ1v) is 9.68. The number of amides is 2. The molecule has 140 valence electrons. The van der Waals surface area contributed by atoms with E-state index in [1.807, 2.05) is 0 Å². The molecular weight excluding hydrogens is 306 g/mol. The number of carbonyl (C=O) groups is 1. The Labute approximate surface area is 146 Å². The van der Waals surface area contributed by atoms with Crippen LogP contribution < -0.4 is 10.6 Å². The summed E-state index contributed by atoms with van der Waals surface area (Å²) in [7, 11) is 0. The van der Waals surface area contributed by atoms with E-state index in [-0.39, 0.29) is 18.2 Å². The molecule has 0 aromatic carbocycles. The topological polar surface area (TPSA) is 73.8 Å². The third-order valence-electron chi connectivity index (χ3n) is 5.61. The minimum Gasteiger partial charge on any atom is -0.393 e. The molecule has 1 saturated carbocycles. The van der Waals surface area contributed by atoms with Gasteiger partial charge in [0, 0.05) is 31.7 Å². The Balaban J connectivity index is 1.81. The van der Waals surface area contributed by atoms with E-state index in [1.165, 1.54) is 0 Å². The molecule has 1 heterocycles. The van der Waals surface area contributed by atoms with Gasteiger partial charge in [0.1, 0.15) is 0 Å². The molecule has 0 spiro atoms. The number of rotatable bonds is 7. The van der Waals surface area contributed by atoms with Crippen LogP contribution in [-0.4, -0.2) is 67.1 Å². The second kappa shape index (κ2) is 10.2. The molecule has 1 aliphatic carbocycles. The molecule has 2 amide bonds. The lowest BCUT2D eigenvalue weighted by Gasteiger charge is -2.39. The summed E-state index contributed by atoms with van der Waals surface area (Å²) < 4.78 is 5.47.